The maximum absolute atomic E-state index is 12.0. The van der Waals surface area contributed by atoms with Gasteiger partial charge in [-0.1, -0.05) is 0 Å². The first-order valence-corrected chi connectivity index (χ1v) is 6.00. The van der Waals surface area contributed by atoms with Crippen LogP contribution in [0.15, 0.2) is 0 Å². The number of nitrogens with zero attached hydrogens (tertiary/aromatic N) is 2. The first-order chi connectivity index (χ1) is 8.22. The molecule has 1 unspecified atom stereocenters. The van der Waals surface area contributed by atoms with Crippen LogP contribution in [0.2, 0.25) is 0 Å². The quantitative estimate of drug-likeness (QED) is 0.514. The highest BCUT2D eigenvalue weighted by atomic mass is 16.5. The summed E-state index contributed by atoms with van der Waals surface area (Å²) >= 11 is 0. The summed E-state index contributed by atoms with van der Waals surface area (Å²) in [4.78, 5) is 15.7. The minimum atomic E-state index is -0.233. The van der Waals surface area contributed by atoms with Gasteiger partial charge in [0, 0.05) is 32.8 Å². The molecule has 6 nitrogen and oxygen atoms in total. The first-order valence-electron chi connectivity index (χ1n) is 6.00. The fourth-order valence-electron chi connectivity index (χ4n) is 2.24. The summed E-state index contributed by atoms with van der Waals surface area (Å²) in [5.74, 6) is 0.103. The van der Waals surface area contributed by atoms with Crippen molar-refractivity contribution in [1.82, 2.24) is 9.80 Å². The highest BCUT2D eigenvalue weighted by molar-refractivity contribution is 5.81. The molecule has 0 saturated carbocycles. The summed E-state index contributed by atoms with van der Waals surface area (Å²) in [7, 11) is 1.49. The standard InChI is InChI=1S/C11H19N3O3/c1-16-11(12)14-6-4-13(5-7-14)10(15)9-3-2-8-17-9/h9,12H,2-8H2,1H3. The molecule has 1 atom stereocenters. The van der Waals surface area contributed by atoms with Crippen LogP contribution >= 0.6 is 0 Å². The molecule has 17 heavy (non-hydrogen) atoms. The third-order valence-corrected chi connectivity index (χ3v) is 3.28. The van der Waals surface area contributed by atoms with Gasteiger partial charge in [-0.25, -0.2) is 0 Å². The number of carbonyl (C=O) groups is 1. The first kappa shape index (κ1) is 12.2. The van der Waals surface area contributed by atoms with Crippen LogP contribution < -0.4 is 0 Å². The number of methoxy groups -OCH3 is 1. The normalized spacial score (nSPS) is 24.9. The molecule has 0 aliphatic carbocycles. The van der Waals surface area contributed by atoms with E-state index in [1.807, 2.05) is 9.80 Å². The largest absolute Gasteiger partial charge is 0.469 e. The van der Waals surface area contributed by atoms with Crippen LogP contribution in [0.25, 0.3) is 0 Å². The number of nitrogens with one attached hydrogen (secondary N) is 1. The predicted octanol–water partition coefficient (Wildman–Crippen LogP) is -0.109. The zero-order valence-electron chi connectivity index (χ0n) is 10.1. The minimum Gasteiger partial charge on any atom is -0.469 e. The zero-order valence-corrected chi connectivity index (χ0v) is 10.1. The Labute approximate surface area is 101 Å². The van der Waals surface area contributed by atoms with Crippen molar-refractivity contribution in [2.45, 2.75) is 18.9 Å². The molecule has 2 fully saturated rings. The average Bonchev–Trinajstić information content (AvgIpc) is 2.91. The van der Waals surface area contributed by atoms with E-state index in [4.69, 9.17) is 14.9 Å². The van der Waals surface area contributed by atoms with Crippen molar-refractivity contribution in [1.29, 1.82) is 5.41 Å². The maximum Gasteiger partial charge on any atom is 0.284 e. The lowest BCUT2D eigenvalue weighted by Crippen LogP contribution is -2.52. The molecule has 0 bridgehead atoms. The molecule has 2 heterocycles. The molecular weight excluding hydrogens is 222 g/mol. The smallest absolute Gasteiger partial charge is 0.284 e. The van der Waals surface area contributed by atoms with Crippen LogP contribution in [0, 0.1) is 5.41 Å². The van der Waals surface area contributed by atoms with E-state index in [0.29, 0.717) is 32.8 Å². The fraction of sp³-hybridized carbons (Fsp3) is 0.818. The van der Waals surface area contributed by atoms with Crippen LogP contribution in [-0.4, -0.2) is 67.7 Å². The number of hydrogen-bond acceptors (Lipinski definition) is 4. The van der Waals surface area contributed by atoms with Gasteiger partial charge < -0.3 is 19.3 Å². The molecule has 1 N–H and O–H groups in total. The Kier molecular flexibility index (Phi) is 3.83. The van der Waals surface area contributed by atoms with Crippen molar-refractivity contribution in [3.63, 3.8) is 0 Å². The van der Waals surface area contributed by atoms with Gasteiger partial charge in [0.25, 0.3) is 11.9 Å². The monoisotopic (exact) mass is 241 g/mol. The lowest BCUT2D eigenvalue weighted by Gasteiger charge is -2.35. The Balaban J connectivity index is 1.82. The summed E-state index contributed by atoms with van der Waals surface area (Å²) in [6.45, 7) is 3.30. The Morgan fingerprint density at radius 1 is 1.29 bits per heavy atom. The average molecular weight is 241 g/mol. The number of rotatable bonds is 1. The number of ether oxygens (including phenoxy) is 2. The molecule has 2 aliphatic rings. The topological polar surface area (TPSA) is 65.9 Å². The maximum atomic E-state index is 12.0. The van der Waals surface area contributed by atoms with Crippen molar-refractivity contribution >= 4 is 11.9 Å². The third kappa shape index (κ3) is 2.69. The molecule has 96 valence electrons. The second-order valence-electron chi connectivity index (χ2n) is 4.32. The summed E-state index contributed by atoms with van der Waals surface area (Å²) in [5, 5.41) is 7.55. The van der Waals surface area contributed by atoms with Crippen molar-refractivity contribution in [2.75, 3.05) is 39.9 Å². The van der Waals surface area contributed by atoms with Gasteiger partial charge in [0.2, 0.25) is 0 Å². The van der Waals surface area contributed by atoms with Gasteiger partial charge in [-0.3, -0.25) is 10.2 Å². The molecule has 2 aliphatic heterocycles. The van der Waals surface area contributed by atoms with Gasteiger partial charge in [-0.05, 0) is 12.8 Å². The van der Waals surface area contributed by atoms with Crippen LogP contribution in [0.1, 0.15) is 12.8 Å². The van der Waals surface area contributed by atoms with Crippen LogP contribution in [0.5, 0.6) is 0 Å². The fourth-order valence-corrected chi connectivity index (χ4v) is 2.24. The van der Waals surface area contributed by atoms with Crippen molar-refractivity contribution < 1.29 is 14.3 Å². The molecule has 0 radical (unpaired) electrons. The number of amidine groups is 1. The molecule has 0 aromatic carbocycles. The lowest BCUT2D eigenvalue weighted by molar-refractivity contribution is -0.142. The molecular formula is C11H19N3O3. The van der Waals surface area contributed by atoms with E-state index in [1.54, 1.807) is 0 Å². The van der Waals surface area contributed by atoms with Gasteiger partial charge in [-0.15, -0.1) is 0 Å². The van der Waals surface area contributed by atoms with E-state index in [9.17, 15) is 4.79 Å². The number of piperazine rings is 1. The van der Waals surface area contributed by atoms with Gasteiger partial charge in [0.15, 0.2) is 0 Å². The Hall–Kier alpha value is -1.30. The third-order valence-electron chi connectivity index (χ3n) is 3.28. The zero-order chi connectivity index (χ0) is 12.3. The highest BCUT2D eigenvalue weighted by Crippen LogP contribution is 2.16. The predicted molar refractivity (Wildman–Crippen MR) is 61.9 cm³/mol. The highest BCUT2D eigenvalue weighted by Gasteiger charge is 2.30. The number of hydrogen-bond donors (Lipinski definition) is 1. The second kappa shape index (κ2) is 5.35. The van der Waals surface area contributed by atoms with E-state index in [1.165, 1.54) is 7.11 Å². The van der Waals surface area contributed by atoms with Gasteiger partial charge in [0.05, 0.1) is 7.11 Å². The van der Waals surface area contributed by atoms with E-state index in [-0.39, 0.29) is 18.0 Å². The Bertz CT molecular complexity index is 294. The SMILES string of the molecule is COC(=N)N1CCN(C(=O)C2CCCO2)CC1. The molecule has 0 aromatic heterocycles. The molecule has 2 saturated heterocycles. The lowest BCUT2D eigenvalue weighted by atomic mass is 10.2. The molecule has 6 heteroatoms. The Morgan fingerprint density at radius 3 is 2.47 bits per heavy atom. The van der Waals surface area contributed by atoms with E-state index in [0.717, 1.165) is 12.8 Å². The molecule has 1 amide bonds. The summed E-state index contributed by atoms with van der Waals surface area (Å²) in [6.07, 6.45) is 1.58. The van der Waals surface area contributed by atoms with Crippen molar-refractivity contribution in [3.05, 3.63) is 0 Å². The van der Waals surface area contributed by atoms with Crippen molar-refractivity contribution in [3.8, 4) is 0 Å². The number of amides is 1. The molecule has 2 rings (SSSR count). The molecule has 0 spiro atoms. The number of carbonyl (C=O) groups excluding carboxylic acids is 1. The van der Waals surface area contributed by atoms with E-state index < -0.39 is 0 Å². The summed E-state index contributed by atoms with van der Waals surface area (Å²) in [6, 6.07) is 0.175. The van der Waals surface area contributed by atoms with Gasteiger partial charge in [-0.2, -0.15) is 0 Å². The van der Waals surface area contributed by atoms with Crippen LogP contribution in [0.3, 0.4) is 0 Å². The van der Waals surface area contributed by atoms with Crippen LogP contribution in [0.4, 0.5) is 0 Å². The van der Waals surface area contributed by atoms with Crippen molar-refractivity contribution in [2.24, 2.45) is 0 Å². The minimum absolute atomic E-state index is 0.103. The molecule has 0 aromatic rings. The summed E-state index contributed by atoms with van der Waals surface area (Å²) < 4.78 is 10.3. The summed E-state index contributed by atoms with van der Waals surface area (Å²) in [5.41, 5.74) is 0. The van der Waals surface area contributed by atoms with E-state index >= 15 is 0 Å². The van der Waals surface area contributed by atoms with Crippen LogP contribution in [-0.2, 0) is 14.3 Å². The second-order valence-corrected chi connectivity index (χ2v) is 4.32. The van der Waals surface area contributed by atoms with Gasteiger partial charge >= 0.3 is 0 Å². The Morgan fingerprint density at radius 2 is 1.94 bits per heavy atom. The van der Waals surface area contributed by atoms with E-state index in [2.05, 4.69) is 0 Å². The van der Waals surface area contributed by atoms with Gasteiger partial charge in [0.1, 0.15) is 6.10 Å².